The highest BCUT2D eigenvalue weighted by Gasteiger charge is 2.27. The summed E-state index contributed by atoms with van der Waals surface area (Å²) in [4.78, 5) is 28.2. The second kappa shape index (κ2) is 10.3. The molecule has 1 aromatic carbocycles. The lowest BCUT2D eigenvalue weighted by atomic mass is 9.96. The van der Waals surface area contributed by atoms with Crippen molar-refractivity contribution in [2.75, 3.05) is 39.8 Å². The first kappa shape index (κ1) is 22.7. The Hall–Kier alpha value is -2.59. The summed E-state index contributed by atoms with van der Waals surface area (Å²) in [5.74, 6) is 0.867. The molecule has 2 amide bonds. The van der Waals surface area contributed by atoms with Crippen LogP contribution < -0.4 is 10.1 Å². The Labute approximate surface area is 173 Å². The van der Waals surface area contributed by atoms with Crippen molar-refractivity contribution in [2.24, 2.45) is 5.41 Å². The van der Waals surface area contributed by atoms with Crippen LogP contribution in [0.15, 0.2) is 24.3 Å². The number of methoxy groups -OCH3 is 1. The Morgan fingerprint density at radius 2 is 1.79 bits per heavy atom. The van der Waals surface area contributed by atoms with E-state index in [1.54, 1.807) is 7.11 Å². The minimum Gasteiger partial charge on any atom is -0.497 e. The standard InChI is InChI=1S/C22H32N4O3/c1-22(2,3)21(28)24-11-5-6-20(27)26-14-12-25(13-15-26)19(16-23)17-7-9-18(29-4)10-8-17/h7-10,19H,5-6,11-15H2,1-4H3,(H,24,28). The summed E-state index contributed by atoms with van der Waals surface area (Å²) in [5.41, 5.74) is 0.518. The predicted octanol–water partition coefficient (Wildman–Crippen LogP) is 2.35. The predicted molar refractivity (Wildman–Crippen MR) is 111 cm³/mol. The summed E-state index contributed by atoms with van der Waals surface area (Å²) in [5, 5.41) is 12.5. The van der Waals surface area contributed by atoms with Gasteiger partial charge < -0.3 is 15.0 Å². The van der Waals surface area contributed by atoms with Gasteiger partial charge in [-0.3, -0.25) is 14.5 Å². The molecule has 2 rings (SSSR count). The number of hydrogen-bond acceptors (Lipinski definition) is 5. The van der Waals surface area contributed by atoms with Crippen LogP contribution in [0.25, 0.3) is 0 Å². The number of nitriles is 1. The summed E-state index contributed by atoms with van der Waals surface area (Å²) >= 11 is 0. The topological polar surface area (TPSA) is 85.7 Å². The molecular formula is C22H32N4O3. The molecular weight excluding hydrogens is 368 g/mol. The van der Waals surface area contributed by atoms with E-state index >= 15 is 0 Å². The first-order valence-corrected chi connectivity index (χ1v) is 10.1. The van der Waals surface area contributed by atoms with E-state index in [1.165, 1.54) is 0 Å². The number of nitrogens with zero attached hydrogens (tertiary/aromatic N) is 3. The number of carbonyl (C=O) groups is 2. The smallest absolute Gasteiger partial charge is 0.225 e. The van der Waals surface area contributed by atoms with Crippen LogP contribution in [-0.2, 0) is 9.59 Å². The van der Waals surface area contributed by atoms with E-state index in [0.29, 0.717) is 45.6 Å². The number of benzene rings is 1. The molecule has 0 spiro atoms. The molecule has 1 aliphatic heterocycles. The first-order valence-electron chi connectivity index (χ1n) is 10.1. The fourth-order valence-corrected chi connectivity index (χ4v) is 3.25. The number of carbonyl (C=O) groups excluding carboxylic acids is 2. The van der Waals surface area contributed by atoms with Gasteiger partial charge in [-0.1, -0.05) is 32.9 Å². The monoisotopic (exact) mass is 400 g/mol. The first-order chi connectivity index (χ1) is 13.8. The van der Waals surface area contributed by atoms with Crippen molar-refractivity contribution in [3.8, 4) is 11.8 Å². The van der Waals surface area contributed by atoms with E-state index in [4.69, 9.17) is 4.74 Å². The van der Waals surface area contributed by atoms with Crippen molar-refractivity contribution in [1.82, 2.24) is 15.1 Å². The summed E-state index contributed by atoms with van der Waals surface area (Å²) in [6, 6.07) is 9.59. The quantitative estimate of drug-likeness (QED) is 0.710. The molecule has 0 bridgehead atoms. The minimum atomic E-state index is -0.415. The van der Waals surface area contributed by atoms with Crippen LogP contribution in [0.2, 0.25) is 0 Å². The van der Waals surface area contributed by atoms with Gasteiger partial charge in [-0.2, -0.15) is 5.26 Å². The van der Waals surface area contributed by atoms with Crippen molar-refractivity contribution >= 4 is 11.8 Å². The van der Waals surface area contributed by atoms with Crippen LogP contribution in [0.4, 0.5) is 0 Å². The maximum Gasteiger partial charge on any atom is 0.225 e. The lowest BCUT2D eigenvalue weighted by molar-refractivity contribution is -0.133. The van der Waals surface area contributed by atoms with Crippen molar-refractivity contribution in [1.29, 1.82) is 5.26 Å². The van der Waals surface area contributed by atoms with Gasteiger partial charge in [-0.05, 0) is 24.1 Å². The van der Waals surface area contributed by atoms with E-state index in [2.05, 4.69) is 16.3 Å². The maximum absolute atomic E-state index is 12.4. The average molecular weight is 401 g/mol. The van der Waals surface area contributed by atoms with E-state index < -0.39 is 5.41 Å². The van der Waals surface area contributed by atoms with Gasteiger partial charge in [0.2, 0.25) is 11.8 Å². The number of ether oxygens (including phenoxy) is 1. The molecule has 7 nitrogen and oxygen atoms in total. The number of amides is 2. The Balaban J connectivity index is 1.77. The lowest BCUT2D eigenvalue weighted by Crippen LogP contribution is -2.49. The van der Waals surface area contributed by atoms with Gasteiger partial charge in [0.25, 0.3) is 0 Å². The Bertz CT molecular complexity index is 726. The van der Waals surface area contributed by atoms with Crippen molar-refractivity contribution in [3.05, 3.63) is 29.8 Å². The molecule has 7 heteroatoms. The summed E-state index contributed by atoms with van der Waals surface area (Å²) in [6.07, 6.45) is 1.05. The second-order valence-electron chi connectivity index (χ2n) is 8.33. The zero-order valence-electron chi connectivity index (χ0n) is 17.9. The zero-order chi connectivity index (χ0) is 21.4. The summed E-state index contributed by atoms with van der Waals surface area (Å²) < 4.78 is 5.17. The average Bonchev–Trinajstić information content (AvgIpc) is 2.71. The third-order valence-corrected chi connectivity index (χ3v) is 5.12. The normalized spacial score (nSPS) is 16.0. The van der Waals surface area contributed by atoms with Crippen LogP contribution in [0.5, 0.6) is 5.75 Å². The van der Waals surface area contributed by atoms with Gasteiger partial charge in [0.05, 0.1) is 13.2 Å². The highest BCUT2D eigenvalue weighted by Crippen LogP contribution is 2.24. The van der Waals surface area contributed by atoms with Gasteiger partial charge in [-0.15, -0.1) is 0 Å². The SMILES string of the molecule is COc1ccc(C(C#N)N2CCN(C(=O)CCCNC(=O)C(C)(C)C)CC2)cc1. The minimum absolute atomic E-state index is 0.000333. The molecule has 1 saturated heterocycles. The molecule has 0 aliphatic carbocycles. The molecule has 0 radical (unpaired) electrons. The molecule has 0 saturated carbocycles. The molecule has 1 N–H and O–H groups in total. The number of hydrogen-bond donors (Lipinski definition) is 1. The number of piperazine rings is 1. The van der Waals surface area contributed by atoms with Gasteiger partial charge in [0.15, 0.2) is 0 Å². The van der Waals surface area contributed by atoms with Crippen LogP contribution in [0.3, 0.4) is 0 Å². The van der Waals surface area contributed by atoms with Gasteiger partial charge >= 0.3 is 0 Å². The third kappa shape index (κ3) is 6.47. The van der Waals surface area contributed by atoms with Crippen molar-refractivity contribution in [2.45, 2.75) is 39.7 Å². The van der Waals surface area contributed by atoms with Gasteiger partial charge in [0.1, 0.15) is 11.8 Å². The largest absolute Gasteiger partial charge is 0.497 e. The van der Waals surface area contributed by atoms with Crippen LogP contribution in [0.1, 0.15) is 45.2 Å². The van der Waals surface area contributed by atoms with Gasteiger partial charge in [0, 0.05) is 44.6 Å². The molecule has 158 valence electrons. The maximum atomic E-state index is 12.4. The van der Waals surface area contributed by atoms with Crippen LogP contribution in [0, 0.1) is 16.7 Å². The molecule has 1 atom stereocenters. The molecule has 1 fully saturated rings. The van der Waals surface area contributed by atoms with E-state index in [-0.39, 0.29) is 17.9 Å². The molecule has 1 unspecified atom stereocenters. The van der Waals surface area contributed by atoms with Crippen LogP contribution >= 0.6 is 0 Å². The lowest BCUT2D eigenvalue weighted by Gasteiger charge is -2.37. The fourth-order valence-electron chi connectivity index (χ4n) is 3.25. The fraction of sp³-hybridized carbons (Fsp3) is 0.591. The highest BCUT2D eigenvalue weighted by molar-refractivity contribution is 5.81. The number of nitrogens with one attached hydrogen (secondary N) is 1. The Morgan fingerprint density at radius 3 is 2.31 bits per heavy atom. The van der Waals surface area contributed by atoms with Crippen molar-refractivity contribution in [3.63, 3.8) is 0 Å². The molecule has 1 aromatic rings. The Kier molecular flexibility index (Phi) is 8.03. The van der Waals surface area contributed by atoms with Gasteiger partial charge in [-0.25, -0.2) is 0 Å². The zero-order valence-corrected chi connectivity index (χ0v) is 17.9. The third-order valence-electron chi connectivity index (χ3n) is 5.12. The highest BCUT2D eigenvalue weighted by atomic mass is 16.5. The molecule has 1 heterocycles. The van der Waals surface area contributed by atoms with Crippen molar-refractivity contribution < 1.29 is 14.3 Å². The summed E-state index contributed by atoms with van der Waals surface area (Å²) in [6.45, 7) is 8.67. The van der Waals surface area contributed by atoms with E-state index in [1.807, 2.05) is 49.9 Å². The molecule has 1 aliphatic rings. The van der Waals surface area contributed by atoms with E-state index in [0.717, 1.165) is 11.3 Å². The number of rotatable bonds is 7. The molecule has 29 heavy (non-hydrogen) atoms. The van der Waals surface area contributed by atoms with Crippen LogP contribution in [-0.4, -0.2) is 61.4 Å². The Morgan fingerprint density at radius 1 is 1.17 bits per heavy atom. The summed E-state index contributed by atoms with van der Waals surface area (Å²) in [7, 11) is 1.62. The molecule has 0 aromatic heterocycles. The second-order valence-corrected chi connectivity index (χ2v) is 8.33. The van der Waals surface area contributed by atoms with E-state index in [9.17, 15) is 14.9 Å².